The molecule has 5 nitrogen and oxygen atoms in total. The summed E-state index contributed by atoms with van der Waals surface area (Å²) in [5.74, 6) is -0.355. The summed E-state index contributed by atoms with van der Waals surface area (Å²) in [6.07, 6.45) is 4.96. The van der Waals surface area contributed by atoms with Gasteiger partial charge in [-0.25, -0.2) is 4.39 Å². The Morgan fingerprint density at radius 2 is 2.04 bits per heavy atom. The molecule has 0 spiro atoms. The van der Waals surface area contributed by atoms with Crippen LogP contribution in [0.2, 0.25) is 0 Å². The van der Waals surface area contributed by atoms with Crippen LogP contribution in [0.4, 0.5) is 15.8 Å². The highest BCUT2D eigenvalue weighted by molar-refractivity contribution is 6.02. The van der Waals surface area contributed by atoms with Gasteiger partial charge in [-0.15, -0.1) is 0 Å². The number of pyridine rings is 1. The van der Waals surface area contributed by atoms with E-state index >= 15 is 0 Å². The van der Waals surface area contributed by atoms with Gasteiger partial charge in [0.25, 0.3) is 0 Å². The number of H-pyrrole nitrogens is 1. The smallest absolute Gasteiger partial charge is 0.198 e. The van der Waals surface area contributed by atoms with Crippen molar-refractivity contribution in [2.75, 3.05) is 5.32 Å². The van der Waals surface area contributed by atoms with Gasteiger partial charge in [-0.2, -0.15) is 0 Å². The Morgan fingerprint density at radius 1 is 1.15 bits per heavy atom. The van der Waals surface area contributed by atoms with E-state index in [1.807, 2.05) is 36.4 Å². The lowest BCUT2D eigenvalue weighted by Crippen LogP contribution is -2.01. The van der Waals surface area contributed by atoms with E-state index in [2.05, 4.69) is 20.3 Å². The molecule has 0 saturated heterocycles. The summed E-state index contributed by atoms with van der Waals surface area (Å²) in [6.45, 7) is 0.483. The monoisotopic (exact) mass is 360 g/mol. The van der Waals surface area contributed by atoms with E-state index in [1.54, 1.807) is 24.5 Å². The predicted molar refractivity (Wildman–Crippen MR) is 105 cm³/mol. The fraction of sp³-hybridized carbons (Fsp3) is 0.0476. The summed E-state index contributed by atoms with van der Waals surface area (Å²) in [7, 11) is 0. The molecule has 0 atom stereocenters. The van der Waals surface area contributed by atoms with Crippen molar-refractivity contribution >= 4 is 28.5 Å². The zero-order valence-electron chi connectivity index (χ0n) is 14.4. The van der Waals surface area contributed by atoms with E-state index in [1.165, 1.54) is 12.3 Å². The van der Waals surface area contributed by atoms with Gasteiger partial charge in [0.05, 0.1) is 16.9 Å². The number of fused-ring (bicyclic) bond motifs is 1. The second-order valence-electron chi connectivity index (χ2n) is 6.07. The zero-order chi connectivity index (χ0) is 18.6. The molecule has 0 amide bonds. The maximum Gasteiger partial charge on any atom is 0.198 e. The number of aromatic amines is 1. The van der Waals surface area contributed by atoms with Crippen LogP contribution in [-0.4, -0.2) is 21.3 Å². The SMILES string of the molecule is Oc1[nH]c2ccccc2c1C=Nc1ccc(NCc2cccnc2)c(F)c1. The molecule has 4 aromatic rings. The minimum absolute atomic E-state index is 0.0372. The quantitative estimate of drug-likeness (QED) is 0.449. The number of aromatic nitrogens is 2. The molecule has 0 aliphatic rings. The fourth-order valence-electron chi connectivity index (χ4n) is 2.85. The summed E-state index contributed by atoms with van der Waals surface area (Å²) in [6, 6.07) is 16.0. The Hall–Kier alpha value is -3.67. The first-order valence-electron chi connectivity index (χ1n) is 8.47. The lowest BCUT2D eigenvalue weighted by atomic mass is 10.2. The largest absolute Gasteiger partial charge is 0.494 e. The highest BCUT2D eigenvalue weighted by atomic mass is 19.1. The minimum atomic E-state index is -0.392. The molecule has 27 heavy (non-hydrogen) atoms. The highest BCUT2D eigenvalue weighted by Gasteiger charge is 2.08. The van der Waals surface area contributed by atoms with Gasteiger partial charge in [0.1, 0.15) is 5.82 Å². The Bertz CT molecular complexity index is 1110. The van der Waals surface area contributed by atoms with Crippen LogP contribution < -0.4 is 5.32 Å². The Labute approximate surface area is 155 Å². The second kappa shape index (κ2) is 7.29. The van der Waals surface area contributed by atoms with Gasteiger partial charge in [0.15, 0.2) is 5.88 Å². The van der Waals surface area contributed by atoms with Crippen LogP contribution in [0.3, 0.4) is 0 Å². The van der Waals surface area contributed by atoms with Gasteiger partial charge in [-0.05, 0) is 29.8 Å². The number of halogens is 1. The van der Waals surface area contributed by atoms with Crippen LogP contribution in [-0.2, 0) is 6.54 Å². The number of nitrogens with one attached hydrogen (secondary N) is 2. The maximum absolute atomic E-state index is 14.3. The van der Waals surface area contributed by atoms with E-state index in [9.17, 15) is 9.50 Å². The lowest BCUT2D eigenvalue weighted by molar-refractivity contribution is 0.457. The topological polar surface area (TPSA) is 73.3 Å². The third kappa shape index (κ3) is 3.64. The third-order valence-electron chi connectivity index (χ3n) is 4.23. The van der Waals surface area contributed by atoms with E-state index in [0.717, 1.165) is 16.5 Å². The van der Waals surface area contributed by atoms with Gasteiger partial charge in [-0.1, -0.05) is 24.3 Å². The molecule has 4 rings (SSSR count). The molecule has 2 aromatic carbocycles. The summed E-state index contributed by atoms with van der Waals surface area (Å²) in [5.41, 5.74) is 3.22. The van der Waals surface area contributed by atoms with Crippen molar-refractivity contribution in [3.05, 3.63) is 83.9 Å². The Morgan fingerprint density at radius 3 is 2.85 bits per heavy atom. The first kappa shape index (κ1) is 16.8. The molecule has 2 aromatic heterocycles. The number of aromatic hydroxyl groups is 1. The Balaban J connectivity index is 1.52. The van der Waals surface area contributed by atoms with E-state index in [0.29, 0.717) is 23.5 Å². The first-order valence-corrected chi connectivity index (χ1v) is 8.47. The van der Waals surface area contributed by atoms with Crippen molar-refractivity contribution in [2.45, 2.75) is 6.54 Å². The number of nitrogens with zero attached hydrogens (tertiary/aromatic N) is 2. The van der Waals surface area contributed by atoms with Crippen molar-refractivity contribution in [2.24, 2.45) is 4.99 Å². The van der Waals surface area contributed by atoms with Crippen LogP contribution in [0.25, 0.3) is 10.9 Å². The van der Waals surface area contributed by atoms with Gasteiger partial charge < -0.3 is 15.4 Å². The van der Waals surface area contributed by atoms with Gasteiger partial charge in [0, 0.05) is 42.1 Å². The van der Waals surface area contributed by atoms with Crippen molar-refractivity contribution < 1.29 is 9.50 Å². The number of anilines is 1. The van der Waals surface area contributed by atoms with Gasteiger partial charge in [0.2, 0.25) is 0 Å². The lowest BCUT2D eigenvalue weighted by Gasteiger charge is -2.07. The number of aliphatic imine (C=N–C) groups is 1. The average Bonchev–Trinajstić information content (AvgIpc) is 3.01. The number of benzene rings is 2. The maximum atomic E-state index is 14.3. The molecule has 3 N–H and O–H groups in total. The third-order valence-corrected chi connectivity index (χ3v) is 4.23. The van der Waals surface area contributed by atoms with E-state index in [-0.39, 0.29) is 5.88 Å². The summed E-state index contributed by atoms with van der Waals surface area (Å²) in [4.78, 5) is 11.2. The molecular weight excluding hydrogens is 343 g/mol. The normalized spacial score (nSPS) is 11.3. The molecule has 6 heteroatoms. The summed E-state index contributed by atoms with van der Waals surface area (Å²) < 4.78 is 14.3. The highest BCUT2D eigenvalue weighted by Crippen LogP contribution is 2.27. The number of rotatable bonds is 5. The van der Waals surface area contributed by atoms with Crippen molar-refractivity contribution in [3.8, 4) is 5.88 Å². The summed E-state index contributed by atoms with van der Waals surface area (Å²) >= 11 is 0. The van der Waals surface area contributed by atoms with Gasteiger partial charge in [-0.3, -0.25) is 9.98 Å². The molecule has 0 unspecified atom stereocenters. The Kier molecular flexibility index (Phi) is 4.53. The van der Waals surface area contributed by atoms with E-state index < -0.39 is 5.82 Å². The second-order valence-corrected chi connectivity index (χ2v) is 6.07. The standard InChI is InChI=1S/C21H17FN4O/c22-18-10-15(7-8-20(18)25-12-14-4-3-9-23-11-14)24-13-17-16-5-1-2-6-19(16)26-21(17)27/h1-11,13,25-27H,12H2. The minimum Gasteiger partial charge on any atom is -0.494 e. The number of hydrogen-bond acceptors (Lipinski definition) is 4. The molecular formula is C21H17FN4O. The van der Waals surface area contributed by atoms with Crippen LogP contribution in [0, 0.1) is 5.82 Å². The van der Waals surface area contributed by atoms with Crippen LogP contribution in [0.5, 0.6) is 5.88 Å². The molecule has 0 bridgehead atoms. The zero-order valence-corrected chi connectivity index (χ0v) is 14.4. The molecule has 0 fully saturated rings. The van der Waals surface area contributed by atoms with Crippen LogP contribution >= 0.6 is 0 Å². The van der Waals surface area contributed by atoms with Crippen LogP contribution in [0.1, 0.15) is 11.1 Å². The number of para-hydroxylation sites is 1. The van der Waals surface area contributed by atoms with Crippen molar-refractivity contribution in [1.82, 2.24) is 9.97 Å². The number of hydrogen-bond donors (Lipinski definition) is 3. The van der Waals surface area contributed by atoms with E-state index in [4.69, 9.17) is 0 Å². The first-order chi connectivity index (χ1) is 13.2. The summed E-state index contributed by atoms with van der Waals surface area (Å²) in [5, 5.41) is 14.0. The predicted octanol–water partition coefficient (Wildman–Crippen LogP) is 4.77. The molecule has 0 radical (unpaired) electrons. The average molecular weight is 360 g/mol. The molecule has 0 aliphatic carbocycles. The van der Waals surface area contributed by atoms with Crippen molar-refractivity contribution in [3.63, 3.8) is 0 Å². The van der Waals surface area contributed by atoms with Crippen molar-refractivity contribution in [1.29, 1.82) is 0 Å². The molecule has 2 heterocycles. The fourth-order valence-corrected chi connectivity index (χ4v) is 2.85. The molecule has 0 saturated carbocycles. The molecule has 134 valence electrons. The van der Waals surface area contributed by atoms with Crippen LogP contribution in [0.15, 0.2) is 72.0 Å². The van der Waals surface area contributed by atoms with Gasteiger partial charge >= 0.3 is 0 Å². The molecule has 0 aliphatic heterocycles.